The Hall–Kier alpha value is -1.51. The monoisotopic (exact) mass is 281 g/mol. The summed E-state index contributed by atoms with van der Waals surface area (Å²) in [5, 5.41) is 0. The zero-order chi connectivity index (χ0) is 16.2. The molecule has 0 atom stereocenters. The van der Waals surface area contributed by atoms with Gasteiger partial charge in [-0.1, -0.05) is 46.2 Å². The minimum Gasteiger partial charge on any atom is -0.460 e. The van der Waals surface area contributed by atoms with Gasteiger partial charge in [0.05, 0.1) is 5.41 Å². The third-order valence-electron chi connectivity index (χ3n) is 1.96. The number of rotatable bonds is 2. The Kier molecular flexibility index (Phi) is 11.8. The molecule has 0 spiro atoms. The number of nitrogens with two attached hydrogens (primary N) is 1. The lowest BCUT2D eigenvalue weighted by molar-refractivity contribution is -0.154. The number of carbonyl (C=O) groups is 1. The third-order valence-corrected chi connectivity index (χ3v) is 1.96. The number of anilines is 1. The van der Waals surface area contributed by atoms with Gasteiger partial charge in [-0.2, -0.15) is 0 Å². The standard InChI is InChI=1S/C12H17NO2.C3H8.C2H6/c1-12(2,3)11(14)15-8-9-4-6-10(13)7-5-9;1-3-2;1-2/h4-7H,8,13H2,1-3H3;3H2,1-2H3;1-2H3. The van der Waals surface area contributed by atoms with Gasteiger partial charge in [0.2, 0.25) is 0 Å². The van der Waals surface area contributed by atoms with Crippen molar-refractivity contribution in [3.8, 4) is 0 Å². The Morgan fingerprint density at radius 3 is 1.85 bits per heavy atom. The lowest BCUT2D eigenvalue weighted by Crippen LogP contribution is -2.22. The summed E-state index contributed by atoms with van der Waals surface area (Å²) in [4.78, 5) is 11.5. The van der Waals surface area contributed by atoms with E-state index >= 15 is 0 Å². The van der Waals surface area contributed by atoms with E-state index in [2.05, 4.69) is 13.8 Å². The summed E-state index contributed by atoms with van der Waals surface area (Å²) in [5.41, 5.74) is 6.75. The molecule has 20 heavy (non-hydrogen) atoms. The van der Waals surface area contributed by atoms with Gasteiger partial charge in [0.15, 0.2) is 0 Å². The number of esters is 1. The second-order valence-corrected chi connectivity index (χ2v) is 5.27. The molecule has 0 saturated carbocycles. The Labute approximate surface area is 124 Å². The molecule has 0 heterocycles. The van der Waals surface area contributed by atoms with Crippen molar-refractivity contribution in [1.29, 1.82) is 0 Å². The predicted molar refractivity (Wildman–Crippen MR) is 87.4 cm³/mol. The number of hydrogen-bond acceptors (Lipinski definition) is 3. The number of ether oxygens (including phenoxy) is 1. The van der Waals surface area contributed by atoms with E-state index in [0.29, 0.717) is 12.3 Å². The van der Waals surface area contributed by atoms with Crippen LogP contribution in [0.4, 0.5) is 5.69 Å². The van der Waals surface area contributed by atoms with Crippen LogP contribution in [0.5, 0.6) is 0 Å². The highest BCUT2D eigenvalue weighted by Gasteiger charge is 2.22. The predicted octanol–water partition coefficient (Wildman–Crippen LogP) is 4.80. The lowest BCUT2D eigenvalue weighted by Gasteiger charge is -2.16. The molecule has 0 aromatic heterocycles. The van der Waals surface area contributed by atoms with E-state index in [1.54, 1.807) is 12.1 Å². The largest absolute Gasteiger partial charge is 0.460 e. The zero-order valence-corrected chi connectivity index (χ0v) is 14.1. The summed E-state index contributed by atoms with van der Waals surface area (Å²) >= 11 is 0. The summed E-state index contributed by atoms with van der Waals surface area (Å²) in [7, 11) is 0. The van der Waals surface area contributed by atoms with Crippen LogP contribution in [0.25, 0.3) is 0 Å². The van der Waals surface area contributed by atoms with E-state index < -0.39 is 5.41 Å². The second kappa shape index (κ2) is 11.3. The van der Waals surface area contributed by atoms with Crippen molar-refractivity contribution in [3.63, 3.8) is 0 Å². The van der Waals surface area contributed by atoms with Crippen molar-refractivity contribution < 1.29 is 9.53 Å². The maximum atomic E-state index is 11.5. The summed E-state index contributed by atoms with van der Waals surface area (Å²) in [5.74, 6) is -0.195. The third kappa shape index (κ3) is 10.4. The molecule has 3 heteroatoms. The molecule has 1 aromatic carbocycles. The Bertz CT molecular complexity index is 350. The minimum absolute atomic E-state index is 0.195. The molecule has 0 bridgehead atoms. The fraction of sp³-hybridized carbons (Fsp3) is 0.588. The highest BCUT2D eigenvalue weighted by Crippen LogP contribution is 2.16. The molecule has 0 amide bonds. The number of carbonyl (C=O) groups excluding carboxylic acids is 1. The fourth-order valence-corrected chi connectivity index (χ4v) is 0.979. The van der Waals surface area contributed by atoms with E-state index in [0.717, 1.165) is 5.56 Å². The van der Waals surface area contributed by atoms with Crippen LogP contribution in [0.15, 0.2) is 24.3 Å². The van der Waals surface area contributed by atoms with Crippen LogP contribution in [0, 0.1) is 5.41 Å². The van der Waals surface area contributed by atoms with Gasteiger partial charge in [0.1, 0.15) is 6.61 Å². The van der Waals surface area contributed by atoms with Gasteiger partial charge in [-0.05, 0) is 38.5 Å². The smallest absolute Gasteiger partial charge is 0.311 e. The van der Waals surface area contributed by atoms with E-state index in [1.807, 2.05) is 46.8 Å². The molecule has 0 unspecified atom stereocenters. The van der Waals surface area contributed by atoms with Crippen LogP contribution in [-0.4, -0.2) is 5.97 Å². The molecule has 116 valence electrons. The van der Waals surface area contributed by atoms with Crippen molar-refractivity contribution in [3.05, 3.63) is 29.8 Å². The van der Waals surface area contributed by atoms with Crippen LogP contribution in [0.3, 0.4) is 0 Å². The van der Waals surface area contributed by atoms with Crippen molar-refractivity contribution in [2.24, 2.45) is 5.41 Å². The minimum atomic E-state index is -0.451. The highest BCUT2D eigenvalue weighted by atomic mass is 16.5. The highest BCUT2D eigenvalue weighted by molar-refractivity contribution is 5.75. The first-order valence-electron chi connectivity index (χ1n) is 7.32. The van der Waals surface area contributed by atoms with Crippen LogP contribution in [-0.2, 0) is 16.1 Å². The summed E-state index contributed by atoms with van der Waals surface area (Å²) in [6, 6.07) is 7.29. The molecule has 0 aliphatic rings. The summed E-state index contributed by atoms with van der Waals surface area (Å²) in [6.07, 6.45) is 1.25. The average Bonchev–Trinajstić information content (AvgIpc) is 2.40. The first-order valence-corrected chi connectivity index (χ1v) is 7.32. The molecule has 1 aromatic rings. The second-order valence-electron chi connectivity index (χ2n) is 5.27. The summed E-state index contributed by atoms with van der Waals surface area (Å²) < 4.78 is 5.15. The van der Waals surface area contributed by atoms with E-state index in [9.17, 15) is 4.79 Å². The molecular formula is C17H31NO2. The molecule has 0 fully saturated rings. The zero-order valence-electron chi connectivity index (χ0n) is 14.1. The summed E-state index contributed by atoms with van der Waals surface area (Å²) in [6.45, 7) is 14.0. The van der Waals surface area contributed by atoms with Gasteiger partial charge in [0.25, 0.3) is 0 Å². The van der Waals surface area contributed by atoms with Crippen LogP contribution in [0.1, 0.15) is 60.5 Å². The van der Waals surface area contributed by atoms with Gasteiger partial charge in [-0.3, -0.25) is 4.79 Å². The lowest BCUT2D eigenvalue weighted by atomic mass is 9.97. The maximum Gasteiger partial charge on any atom is 0.311 e. The Morgan fingerprint density at radius 2 is 1.50 bits per heavy atom. The van der Waals surface area contributed by atoms with Crippen LogP contribution in [0.2, 0.25) is 0 Å². The van der Waals surface area contributed by atoms with E-state index in [4.69, 9.17) is 10.5 Å². The van der Waals surface area contributed by atoms with Crippen molar-refractivity contribution in [2.45, 2.75) is 61.5 Å². The molecule has 1 rings (SSSR count). The molecule has 2 N–H and O–H groups in total. The molecule has 3 nitrogen and oxygen atoms in total. The average molecular weight is 281 g/mol. The van der Waals surface area contributed by atoms with Crippen LogP contribution < -0.4 is 5.73 Å². The molecule has 0 aliphatic carbocycles. The van der Waals surface area contributed by atoms with Gasteiger partial charge in [-0.15, -0.1) is 0 Å². The first kappa shape index (κ1) is 20.8. The van der Waals surface area contributed by atoms with Gasteiger partial charge < -0.3 is 10.5 Å². The van der Waals surface area contributed by atoms with Crippen molar-refractivity contribution in [2.75, 3.05) is 5.73 Å². The SMILES string of the molecule is CC.CC(C)(C)C(=O)OCc1ccc(N)cc1.CCC. The fourth-order valence-electron chi connectivity index (χ4n) is 0.979. The number of benzene rings is 1. The first-order chi connectivity index (χ1) is 9.31. The number of hydrogen-bond donors (Lipinski definition) is 1. The Balaban J connectivity index is 0. The van der Waals surface area contributed by atoms with E-state index in [-0.39, 0.29) is 5.97 Å². The molecule has 0 saturated heterocycles. The molecule has 0 aliphatic heterocycles. The quantitative estimate of drug-likeness (QED) is 0.625. The van der Waals surface area contributed by atoms with Crippen molar-refractivity contribution >= 4 is 11.7 Å². The molecular weight excluding hydrogens is 250 g/mol. The van der Waals surface area contributed by atoms with Gasteiger partial charge in [0, 0.05) is 5.69 Å². The number of nitrogen functional groups attached to an aromatic ring is 1. The van der Waals surface area contributed by atoms with E-state index in [1.165, 1.54) is 6.42 Å². The molecule has 0 radical (unpaired) electrons. The topological polar surface area (TPSA) is 52.3 Å². The van der Waals surface area contributed by atoms with Crippen LogP contribution >= 0.6 is 0 Å². The van der Waals surface area contributed by atoms with Gasteiger partial charge in [-0.25, -0.2) is 0 Å². The Morgan fingerprint density at radius 1 is 1.10 bits per heavy atom. The van der Waals surface area contributed by atoms with Crippen molar-refractivity contribution in [1.82, 2.24) is 0 Å². The normalized spacial score (nSPS) is 9.55. The van der Waals surface area contributed by atoms with Gasteiger partial charge >= 0.3 is 5.97 Å². The maximum absolute atomic E-state index is 11.5.